The van der Waals surface area contributed by atoms with Crippen LogP contribution in [0.1, 0.15) is 28.4 Å². The molecule has 202 valence electrons. The lowest BCUT2D eigenvalue weighted by Crippen LogP contribution is -2.34. The summed E-state index contributed by atoms with van der Waals surface area (Å²) >= 11 is 0. The zero-order chi connectivity index (χ0) is 27.4. The number of fused-ring (bicyclic) bond motifs is 2. The van der Waals surface area contributed by atoms with E-state index < -0.39 is 21.6 Å². The molecule has 1 N–H and O–H groups in total. The molecule has 9 nitrogen and oxygen atoms in total. The Kier molecular flexibility index (Phi) is 7.67. The van der Waals surface area contributed by atoms with E-state index in [9.17, 15) is 18.0 Å². The number of ether oxygens (including phenoxy) is 3. The van der Waals surface area contributed by atoms with Crippen molar-refractivity contribution in [3.8, 4) is 11.5 Å². The summed E-state index contributed by atoms with van der Waals surface area (Å²) in [6, 6.07) is 20.3. The Labute approximate surface area is 226 Å². The molecule has 39 heavy (non-hydrogen) atoms. The van der Waals surface area contributed by atoms with Crippen LogP contribution in [0.2, 0.25) is 0 Å². The molecule has 0 amide bonds. The van der Waals surface area contributed by atoms with Crippen molar-refractivity contribution in [1.29, 1.82) is 0 Å². The SMILES string of the molecule is CCOC(=O)c1ccc(S(=O)(=O)N(CCc2ccccc2)Cc2cc3cc4c(cc3[nH]c2=O)OCCO4)cc1. The highest BCUT2D eigenvalue weighted by Gasteiger charge is 2.26. The van der Waals surface area contributed by atoms with E-state index in [2.05, 4.69) is 4.98 Å². The number of carbonyl (C=O) groups is 1. The van der Waals surface area contributed by atoms with Crippen LogP contribution in [0, 0.1) is 0 Å². The Morgan fingerprint density at radius 3 is 2.36 bits per heavy atom. The van der Waals surface area contributed by atoms with Crippen molar-refractivity contribution in [3.63, 3.8) is 0 Å². The molecule has 4 aromatic rings. The van der Waals surface area contributed by atoms with E-state index in [1.54, 1.807) is 25.1 Å². The third kappa shape index (κ3) is 5.81. The minimum absolute atomic E-state index is 0.0143. The second kappa shape index (κ2) is 11.3. The minimum Gasteiger partial charge on any atom is -0.486 e. The van der Waals surface area contributed by atoms with Gasteiger partial charge >= 0.3 is 5.97 Å². The van der Waals surface area contributed by atoms with Crippen molar-refractivity contribution in [3.05, 3.63) is 99.8 Å². The number of hydrogen-bond acceptors (Lipinski definition) is 7. The normalized spacial score (nSPS) is 13.0. The monoisotopic (exact) mass is 548 g/mol. The van der Waals surface area contributed by atoms with Crippen molar-refractivity contribution in [2.75, 3.05) is 26.4 Å². The van der Waals surface area contributed by atoms with Crippen molar-refractivity contribution >= 4 is 26.9 Å². The third-order valence-electron chi connectivity index (χ3n) is 6.43. The number of sulfonamides is 1. The molecule has 1 aliphatic heterocycles. The van der Waals surface area contributed by atoms with Gasteiger partial charge in [0.2, 0.25) is 10.0 Å². The lowest BCUT2D eigenvalue weighted by Gasteiger charge is -2.23. The lowest BCUT2D eigenvalue weighted by molar-refractivity contribution is 0.0526. The third-order valence-corrected chi connectivity index (χ3v) is 8.29. The van der Waals surface area contributed by atoms with Crippen molar-refractivity contribution in [2.24, 2.45) is 0 Å². The van der Waals surface area contributed by atoms with E-state index in [0.29, 0.717) is 47.6 Å². The number of nitrogens with zero attached hydrogens (tertiary/aromatic N) is 1. The smallest absolute Gasteiger partial charge is 0.338 e. The minimum atomic E-state index is -4.02. The van der Waals surface area contributed by atoms with Crippen LogP contribution >= 0.6 is 0 Å². The van der Waals surface area contributed by atoms with Crippen LogP contribution in [0.4, 0.5) is 0 Å². The van der Waals surface area contributed by atoms with Gasteiger partial charge in [-0.2, -0.15) is 4.31 Å². The molecular weight excluding hydrogens is 520 g/mol. The second-order valence-corrected chi connectivity index (χ2v) is 11.0. The molecule has 0 aliphatic carbocycles. The van der Waals surface area contributed by atoms with E-state index >= 15 is 0 Å². The largest absolute Gasteiger partial charge is 0.486 e. The maximum absolute atomic E-state index is 13.8. The van der Waals surface area contributed by atoms with Gasteiger partial charge in [-0.15, -0.1) is 0 Å². The molecule has 0 spiro atoms. The standard InChI is InChI=1S/C29H28N2O7S/c1-2-36-29(33)21-8-10-24(11-9-21)39(34,35)31(13-12-20-6-4-3-5-7-20)19-23-16-22-17-26-27(38-15-14-37-26)18-25(22)30-28(23)32/h3-11,16-18H,2,12-15,19H2,1H3,(H,30,32). The molecule has 0 fully saturated rings. The molecule has 0 atom stereocenters. The highest BCUT2D eigenvalue weighted by Crippen LogP contribution is 2.34. The second-order valence-electron chi connectivity index (χ2n) is 9.03. The Balaban J connectivity index is 1.48. The first-order valence-corrected chi connectivity index (χ1v) is 14.1. The fourth-order valence-electron chi connectivity index (χ4n) is 4.40. The first kappa shape index (κ1) is 26.5. The van der Waals surface area contributed by atoms with E-state index in [0.717, 1.165) is 5.56 Å². The van der Waals surface area contributed by atoms with Gasteiger partial charge < -0.3 is 19.2 Å². The molecule has 10 heteroatoms. The summed E-state index contributed by atoms with van der Waals surface area (Å²) in [5.41, 5.74) is 1.69. The zero-order valence-corrected chi connectivity index (χ0v) is 22.2. The van der Waals surface area contributed by atoms with Crippen LogP contribution in [-0.2, 0) is 27.7 Å². The highest BCUT2D eigenvalue weighted by molar-refractivity contribution is 7.89. The molecule has 0 radical (unpaired) electrons. The molecule has 2 heterocycles. The number of rotatable bonds is 9. The van der Waals surface area contributed by atoms with Gasteiger partial charge in [-0.3, -0.25) is 4.79 Å². The number of carbonyl (C=O) groups excluding carboxylic acids is 1. The number of aromatic amines is 1. The van der Waals surface area contributed by atoms with Crippen LogP contribution in [0.3, 0.4) is 0 Å². The van der Waals surface area contributed by atoms with Crippen LogP contribution in [0.25, 0.3) is 10.9 Å². The van der Waals surface area contributed by atoms with Gasteiger partial charge in [0.1, 0.15) is 13.2 Å². The van der Waals surface area contributed by atoms with Crippen LogP contribution in [0.5, 0.6) is 11.5 Å². The van der Waals surface area contributed by atoms with Crippen LogP contribution in [0.15, 0.2) is 82.5 Å². The molecule has 1 aliphatic rings. The molecular formula is C29H28N2O7S. The number of aromatic nitrogens is 1. The summed E-state index contributed by atoms with van der Waals surface area (Å²) in [7, 11) is -4.02. The Bertz CT molecular complexity index is 1650. The lowest BCUT2D eigenvalue weighted by atomic mass is 10.1. The van der Waals surface area contributed by atoms with Gasteiger partial charge in [-0.1, -0.05) is 30.3 Å². The van der Waals surface area contributed by atoms with Gasteiger partial charge in [-0.25, -0.2) is 13.2 Å². The van der Waals surface area contributed by atoms with Crippen LogP contribution < -0.4 is 15.0 Å². The van der Waals surface area contributed by atoms with Gasteiger partial charge in [-0.05, 0) is 55.3 Å². The number of esters is 1. The van der Waals surface area contributed by atoms with E-state index in [1.165, 1.54) is 28.6 Å². The first-order valence-electron chi connectivity index (χ1n) is 12.6. The van der Waals surface area contributed by atoms with Gasteiger partial charge in [0, 0.05) is 30.1 Å². The van der Waals surface area contributed by atoms with E-state index in [1.807, 2.05) is 30.3 Å². The predicted molar refractivity (Wildman–Crippen MR) is 146 cm³/mol. The van der Waals surface area contributed by atoms with Crippen LogP contribution in [-0.4, -0.2) is 50.0 Å². The zero-order valence-electron chi connectivity index (χ0n) is 21.4. The number of H-pyrrole nitrogens is 1. The quantitative estimate of drug-likeness (QED) is 0.316. The molecule has 3 aromatic carbocycles. The maximum Gasteiger partial charge on any atom is 0.338 e. The summed E-state index contributed by atoms with van der Waals surface area (Å²) in [6.07, 6.45) is 0.450. The highest BCUT2D eigenvalue weighted by atomic mass is 32.2. The predicted octanol–water partition coefficient (Wildman–Crippen LogP) is 3.91. The Hall–Kier alpha value is -4.15. The summed E-state index contributed by atoms with van der Waals surface area (Å²) in [5, 5.41) is 0.702. The summed E-state index contributed by atoms with van der Waals surface area (Å²) < 4.78 is 45.1. The maximum atomic E-state index is 13.8. The molecule has 0 unspecified atom stereocenters. The molecule has 5 rings (SSSR count). The summed E-state index contributed by atoms with van der Waals surface area (Å²) in [6.45, 7) is 2.77. The topological polar surface area (TPSA) is 115 Å². The Morgan fingerprint density at radius 1 is 0.974 bits per heavy atom. The number of hydrogen-bond donors (Lipinski definition) is 1. The van der Waals surface area contributed by atoms with Crippen molar-refractivity contribution in [2.45, 2.75) is 24.8 Å². The van der Waals surface area contributed by atoms with E-state index in [4.69, 9.17) is 14.2 Å². The van der Waals surface area contributed by atoms with Gasteiger partial charge in [0.15, 0.2) is 11.5 Å². The van der Waals surface area contributed by atoms with Gasteiger partial charge in [0.25, 0.3) is 5.56 Å². The number of pyridine rings is 1. The molecule has 0 saturated heterocycles. The van der Waals surface area contributed by atoms with Gasteiger partial charge in [0.05, 0.1) is 22.6 Å². The first-order chi connectivity index (χ1) is 18.8. The summed E-state index contributed by atoms with van der Waals surface area (Å²) in [5.74, 6) is 0.596. The summed E-state index contributed by atoms with van der Waals surface area (Å²) in [4.78, 5) is 28.0. The molecule has 0 saturated carbocycles. The molecule has 1 aromatic heterocycles. The fourth-order valence-corrected chi connectivity index (χ4v) is 5.82. The van der Waals surface area contributed by atoms with Crippen molar-refractivity contribution < 1.29 is 27.4 Å². The van der Waals surface area contributed by atoms with Crippen molar-refractivity contribution in [1.82, 2.24) is 9.29 Å². The van der Waals surface area contributed by atoms with E-state index in [-0.39, 0.29) is 30.2 Å². The number of nitrogens with one attached hydrogen (secondary N) is 1. The average molecular weight is 549 g/mol. The number of benzene rings is 3. The molecule has 0 bridgehead atoms. The fraction of sp³-hybridized carbons (Fsp3) is 0.241. The average Bonchev–Trinajstić information content (AvgIpc) is 2.95. The Morgan fingerprint density at radius 2 is 1.67 bits per heavy atom.